The minimum atomic E-state index is 0.711. The zero-order valence-corrected chi connectivity index (χ0v) is 11.1. The van der Waals surface area contributed by atoms with Crippen LogP contribution in [0.5, 0.6) is 0 Å². The molecule has 0 saturated carbocycles. The third-order valence-electron chi connectivity index (χ3n) is 3.32. The highest BCUT2D eigenvalue weighted by Gasteiger charge is 2.08. The standard InChI is InChI=1S/C16H23NO/c1-3-8-16(9-4-1)10-7-14-18-15-13-17-11-5-2-6-12-17/h1,3-4,7-10H,2,5-6,11-15H2/b10-7+. The zero-order chi connectivity index (χ0) is 12.5. The van der Waals surface area contributed by atoms with Gasteiger partial charge in [-0.25, -0.2) is 0 Å². The van der Waals surface area contributed by atoms with E-state index in [1.54, 1.807) is 0 Å². The largest absolute Gasteiger partial charge is 0.376 e. The van der Waals surface area contributed by atoms with Crippen molar-refractivity contribution in [2.24, 2.45) is 0 Å². The molecule has 0 aromatic heterocycles. The van der Waals surface area contributed by atoms with Crippen molar-refractivity contribution < 1.29 is 4.74 Å². The molecule has 0 amide bonds. The molecule has 0 radical (unpaired) electrons. The van der Waals surface area contributed by atoms with E-state index in [1.807, 2.05) is 6.07 Å². The first kappa shape index (κ1) is 13.3. The Balaban J connectivity index is 1.54. The van der Waals surface area contributed by atoms with Gasteiger partial charge in [0.25, 0.3) is 0 Å². The van der Waals surface area contributed by atoms with Gasteiger partial charge in [0.1, 0.15) is 0 Å². The average Bonchev–Trinajstić information content (AvgIpc) is 2.45. The quantitative estimate of drug-likeness (QED) is 0.714. The van der Waals surface area contributed by atoms with E-state index >= 15 is 0 Å². The van der Waals surface area contributed by atoms with Crippen molar-refractivity contribution in [2.45, 2.75) is 19.3 Å². The Kier molecular flexibility index (Phi) is 5.97. The van der Waals surface area contributed by atoms with Crippen LogP contribution < -0.4 is 0 Å². The highest BCUT2D eigenvalue weighted by molar-refractivity contribution is 5.48. The summed E-state index contributed by atoms with van der Waals surface area (Å²) in [4.78, 5) is 2.50. The third-order valence-corrected chi connectivity index (χ3v) is 3.32. The Hall–Kier alpha value is -1.12. The van der Waals surface area contributed by atoms with Crippen LogP contribution in [0.25, 0.3) is 6.08 Å². The Bertz CT molecular complexity index is 341. The third kappa shape index (κ3) is 5.03. The molecule has 2 rings (SSSR count). The number of benzene rings is 1. The lowest BCUT2D eigenvalue weighted by atomic mass is 10.1. The Labute approximate surface area is 110 Å². The summed E-state index contributed by atoms with van der Waals surface area (Å²) in [5, 5.41) is 0. The fraction of sp³-hybridized carbons (Fsp3) is 0.500. The van der Waals surface area contributed by atoms with Crippen LogP contribution in [0.1, 0.15) is 24.8 Å². The van der Waals surface area contributed by atoms with Crippen LogP contribution in [0, 0.1) is 0 Å². The highest BCUT2D eigenvalue weighted by atomic mass is 16.5. The van der Waals surface area contributed by atoms with Crippen molar-refractivity contribution in [1.29, 1.82) is 0 Å². The van der Waals surface area contributed by atoms with E-state index in [4.69, 9.17) is 4.74 Å². The van der Waals surface area contributed by atoms with Crippen LogP contribution in [0.2, 0.25) is 0 Å². The predicted octanol–water partition coefficient (Wildman–Crippen LogP) is 3.20. The van der Waals surface area contributed by atoms with E-state index < -0.39 is 0 Å². The molecule has 0 N–H and O–H groups in total. The van der Waals surface area contributed by atoms with Gasteiger partial charge in [-0.05, 0) is 31.5 Å². The van der Waals surface area contributed by atoms with Gasteiger partial charge in [0.2, 0.25) is 0 Å². The van der Waals surface area contributed by atoms with Gasteiger partial charge >= 0.3 is 0 Å². The van der Waals surface area contributed by atoms with Crippen LogP contribution >= 0.6 is 0 Å². The van der Waals surface area contributed by atoms with E-state index in [-0.39, 0.29) is 0 Å². The second kappa shape index (κ2) is 8.06. The number of nitrogens with zero attached hydrogens (tertiary/aromatic N) is 1. The van der Waals surface area contributed by atoms with Crippen molar-refractivity contribution >= 4 is 6.08 Å². The van der Waals surface area contributed by atoms with Crippen molar-refractivity contribution in [1.82, 2.24) is 4.90 Å². The Morgan fingerprint density at radius 1 is 1.06 bits per heavy atom. The molecule has 2 nitrogen and oxygen atoms in total. The molecule has 98 valence electrons. The molecule has 1 heterocycles. The summed E-state index contributed by atoms with van der Waals surface area (Å²) >= 11 is 0. The zero-order valence-electron chi connectivity index (χ0n) is 11.1. The number of rotatable bonds is 6. The normalized spacial score (nSPS) is 17.3. The number of likely N-dealkylation sites (tertiary alicyclic amines) is 1. The second-order valence-electron chi connectivity index (χ2n) is 4.79. The summed E-state index contributed by atoms with van der Waals surface area (Å²) in [6.45, 7) is 5.15. The summed E-state index contributed by atoms with van der Waals surface area (Å²) in [5.74, 6) is 0. The first-order valence-corrected chi connectivity index (χ1v) is 6.97. The van der Waals surface area contributed by atoms with E-state index in [9.17, 15) is 0 Å². The second-order valence-corrected chi connectivity index (χ2v) is 4.79. The van der Waals surface area contributed by atoms with Gasteiger partial charge in [0, 0.05) is 6.54 Å². The van der Waals surface area contributed by atoms with Gasteiger partial charge in [0.05, 0.1) is 13.2 Å². The van der Waals surface area contributed by atoms with Crippen LogP contribution in [0.3, 0.4) is 0 Å². The Morgan fingerprint density at radius 3 is 2.61 bits per heavy atom. The fourth-order valence-electron chi connectivity index (χ4n) is 2.28. The number of piperidine rings is 1. The van der Waals surface area contributed by atoms with E-state index in [0.29, 0.717) is 6.61 Å². The maximum Gasteiger partial charge on any atom is 0.0651 e. The average molecular weight is 245 g/mol. The molecule has 1 fully saturated rings. The molecule has 1 aliphatic rings. The maximum absolute atomic E-state index is 5.63. The molecule has 0 spiro atoms. The van der Waals surface area contributed by atoms with E-state index in [1.165, 1.54) is 37.9 Å². The van der Waals surface area contributed by atoms with Gasteiger partial charge in [-0.1, -0.05) is 48.9 Å². The van der Waals surface area contributed by atoms with Crippen molar-refractivity contribution in [3.8, 4) is 0 Å². The lowest BCUT2D eigenvalue weighted by Gasteiger charge is -2.25. The van der Waals surface area contributed by atoms with Gasteiger partial charge in [-0.3, -0.25) is 0 Å². The van der Waals surface area contributed by atoms with Crippen molar-refractivity contribution in [2.75, 3.05) is 32.8 Å². The molecule has 1 aliphatic heterocycles. The van der Waals surface area contributed by atoms with Crippen molar-refractivity contribution in [3.63, 3.8) is 0 Å². The minimum Gasteiger partial charge on any atom is -0.376 e. The monoisotopic (exact) mass is 245 g/mol. The summed E-state index contributed by atoms with van der Waals surface area (Å²) in [6.07, 6.45) is 8.31. The van der Waals surface area contributed by atoms with Gasteiger partial charge < -0.3 is 9.64 Å². The highest BCUT2D eigenvalue weighted by Crippen LogP contribution is 2.07. The number of hydrogen-bond acceptors (Lipinski definition) is 2. The first-order valence-electron chi connectivity index (χ1n) is 6.97. The Morgan fingerprint density at radius 2 is 1.83 bits per heavy atom. The van der Waals surface area contributed by atoms with E-state index in [2.05, 4.69) is 41.3 Å². The molecule has 1 aromatic carbocycles. The van der Waals surface area contributed by atoms with E-state index in [0.717, 1.165) is 13.2 Å². The first-order chi connectivity index (χ1) is 8.95. The molecule has 0 aliphatic carbocycles. The lowest BCUT2D eigenvalue weighted by Crippen LogP contribution is -2.32. The molecule has 0 atom stereocenters. The SMILES string of the molecule is C(=C\c1ccccc1)/COCCN1CCCCC1. The minimum absolute atomic E-state index is 0.711. The summed E-state index contributed by atoms with van der Waals surface area (Å²) in [5.41, 5.74) is 1.23. The summed E-state index contributed by atoms with van der Waals surface area (Å²) < 4.78 is 5.63. The van der Waals surface area contributed by atoms with Gasteiger partial charge in [0.15, 0.2) is 0 Å². The van der Waals surface area contributed by atoms with Gasteiger partial charge in [-0.15, -0.1) is 0 Å². The predicted molar refractivity (Wildman–Crippen MR) is 76.6 cm³/mol. The maximum atomic E-state index is 5.63. The molecule has 0 unspecified atom stereocenters. The molecule has 1 saturated heterocycles. The fourth-order valence-corrected chi connectivity index (χ4v) is 2.28. The summed E-state index contributed by atoms with van der Waals surface area (Å²) in [6, 6.07) is 10.3. The number of ether oxygens (including phenoxy) is 1. The molecular weight excluding hydrogens is 222 g/mol. The molecular formula is C16H23NO. The molecule has 18 heavy (non-hydrogen) atoms. The molecule has 0 bridgehead atoms. The summed E-state index contributed by atoms with van der Waals surface area (Å²) in [7, 11) is 0. The molecule has 1 aromatic rings. The van der Waals surface area contributed by atoms with Gasteiger partial charge in [-0.2, -0.15) is 0 Å². The van der Waals surface area contributed by atoms with Crippen LogP contribution in [0.15, 0.2) is 36.4 Å². The topological polar surface area (TPSA) is 12.5 Å². The van der Waals surface area contributed by atoms with Crippen molar-refractivity contribution in [3.05, 3.63) is 42.0 Å². The number of hydrogen-bond donors (Lipinski definition) is 0. The van der Waals surface area contributed by atoms with Crippen LogP contribution in [-0.4, -0.2) is 37.7 Å². The van der Waals surface area contributed by atoms with Crippen LogP contribution in [0.4, 0.5) is 0 Å². The molecule has 2 heteroatoms. The lowest BCUT2D eigenvalue weighted by molar-refractivity contribution is 0.115. The van der Waals surface area contributed by atoms with Crippen LogP contribution in [-0.2, 0) is 4.74 Å². The smallest absolute Gasteiger partial charge is 0.0651 e.